The van der Waals surface area contributed by atoms with E-state index in [4.69, 9.17) is 9.47 Å². The van der Waals surface area contributed by atoms with Crippen LogP contribution in [0.25, 0.3) is 0 Å². The van der Waals surface area contributed by atoms with E-state index < -0.39 is 0 Å². The molecular weight excluding hydrogens is 166 g/mol. The normalized spacial score (nSPS) is 26.5. The van der Waals surface area contributed by atoms with Gasteiger partial charge in [-0.25, -0.2) is 0 Å². The molecule has 2 aliphatic rings. The number of ether oxygens (including phenoxy) is 2. The van der Waals surface area contributed by atoms with Crippen LogP contribution in [-0.2, 0) is 9.47 Å². The van der Waals surface area contributed by atoms with Crippen LogP contribution in [0.2, 0.25) is 0 Å². The maximum atomic E-state index is 5.45. The van der Waals surface area contributed by atoms with E-state index in [1.807, 2.05) is 0 Å². The van der Waals surface area contributed by atoms with Crippen molar-refractivity contribution in [2.45, 2.75) is 38.5 Å². The molecule has 1 N–H and O–H groups in total. The first kappa shape index (κ1) is 9.44. The van der Waals surface area contributed by atoms with Gasteiger partial charge in [0.15, 0.2) is 6.29 Å². The molecule has 0 radical (unpaired) electrons. The number of rotatable bonds is 5. The Kier molecular flexibility index (Phi) is 3.19. The molecule has 3 heteroatoms. The number of nitrogens with one attached hydrogen (secondary N) is 1. The summed E-state index contributed by atoms with van der Waals surface area (Å²) in [4.78, 5) is 0. The van der Waals surface area contributed by atoms with Gasteiger partial charge in [-0.3, -0.25) is 0 Å². The van der Waals surface area contributed by atoms with Gasteiger partial charge in [0, 0.05) is 12.5 Å². The van der Waals surface area contributed by atoms with Gasteiger partial charge in [-0.1, -0.05) is 6.92 Å². The summed E-state index contributed by atoms with van der Waals surface area (Å²) in [6.45, 7) is 4.75. The van der Waals surface area contributed by atoms with Crippen LogP contribution >= 0.6 is 0 Å². The fourth-order valence-corrected chi connectivity index (χ4v) is 1.95. The molecule has 0 bridgehead atoms. The molecule has 2 fully saturated rings. The van der Waals surface area contributed by atoms with Crippen molar-refractivity contribution in [3.8, 4) is 0 Å². The SMILES string of the molecule is CCNC(CC1OCCO1)C1CC1. The summed E-state index contributed by atoms with van der Waals surface area (Å²) < 4.78 is 10.9. The minimum absolute atomic E-state index is 0.0599. The van der Waals surface area contributed by atoms with Crippen LogP contribution in [0.3, 0.4) is 0 Å². The standard InChI is InChI=1S/C10H19NO2/c1-2-11-9(8-3-4-8)7-10-12-5-6-13-10/h8-11H,2-7H2,1H3. The molecule has 0 aromatic carbocycles. The van der Waals surface area contributed by atoms with Gasteiger partial charge in [-0.15, -0.1) is 0 Å². The van der Waals surface area contributed by atoms with E-state index in [1.165, 1.54) is 12.8 Å². The first-order valence-corrected chi connectivity index (χ1v) is 5.36. The zero-order valence-electron chi connectivity index (χ0n) is 8.29. The topological polar surface area (TPSA) is 30.5 Å². The second kappa shape index (κ2) is 4.40. The summed E-state index contributed by atoms with van der Waals surface area (Å²) in [7, 11) is 0. The second-order valence-electron chi connectivity index (χ2n) is 3.91. The monoisotopic (exact) mass is 185 g/mol. The van der Waals surface area contributed by atoms with Crippen molar-refractivity contribution in [1.82, 2.24) is 5.32 Å². The van der Waals surface area contributed by atoms with E-state index >= 15 is 0 Å². The van der Waals surface area contributed by atoms with Crippen LogP contribution in [0, 0.1) is 5.92 Å². The molecule has 13 heavy (non-hydrogen) atoms. The molecule has 76 valence electrons. The van der Waals surface area contributed by atoms with E-state index in [0.29, 0.717) is 6.04 Å². The lowest BCUT2D eigenvalue weighted by Crippen LogP contribution is -2.34. The molecular formula is C10H19NO2. The molecule has 0 spiro atoms. The fraction of sp³-hybridized carbons (Fsp3) is 1.00. The van der Waals surface area contributed by atoms with Crippen LogP contribution in [0.15, 0.2) is 0 Å². The van der Waals surface area contributed by atoms with Crippen molar-refractivity contribution >= 4 is 0 Å². The fourth-order valence-electron chi connectivity index (χ4n) is 1.95. The molecule has 0 aromatic heterocycles. The third kappa shape index (κ3) is 2.66. The van der Waals surface area contributed by atoms with Crippen molar-refractivity contribution in [1.29, 1.82) is 0 Å². The first-order chi connectivity index (χ1) is 6.40. The molecule has 3 nitrogen and oxygen atoms in total. The van der Waals surface area contributed by atoms with E-state index in [1.54, 1.807) is 0 Å². The van der Waals surface area contributed by atoms with Crippen molar-refractivity contribution in [3.63, 3.8) is 0 Å². The number of hydrogen-bond donors (Lipinski definition) is 1. The van der Waals surface area contributed by atoms with Crippen molar-refractivity contribution < 1.29 is 9.47 Å². The number of hydrogen-bond acceptors (Lipinski definition) is 3. The smallest absolute Gasteiger partial charge is 0.159 e. The summed E-state index contributed by atoms with van der Waals surface area (Å²) >= 11 is 0. The lowest BCUT2D eigenvalue weighted by Gasteiger charge is -2.20. The average molecular weight is 185 g/mol. The molecule has 2 rings (SSSR count). The summed E-state index contributed by atoms with van der Waals surface area (Å²) in [6.07, 6.45) is 3.84. The van der Waals surface area contributed by atoms with Crippen LogP contribution in [0.5, 0.6) is 0 Å². The van der Waals surface area contributed by atoms with Crippen LogP contribution < -0.4 is 5.32 Å². The molecule has 1 aliphatic carbocycles. The summed E-state index contributed by atoms with van der Waals surface area (Å²) in [6, 6.07) is 0.619. The van der Waals surface area contributed by atoms with Gasteiger partial charge >= 0.3 is 0 Å². The highest BCUT2D eigenvalue weighted by atomic mass is 16.7. The lowest BCUT2D eigenvalue weighted by molar-refractivity contribution is -0.0539. The van der Waals surface area contributed by atoms with Gasteiger partial charge in [-0.2, -0.15) is 0 Å². The van der Waals surface area contributed by atoms with Crippen molar-refractivity contribution in [2.24, 2.45) is 5.92 Å². The van der Waals surface area contributed by atoms with E-state index in [9.17, 15) is 0 Å². The minimum atomic E-state index is 0.0599. The van der Waals surface area contributed by atoms with Crippen LogP contribution in [0.1, 0.15) is 26.2 Å². The zero-order chi connectivity index (χ0) is 9.10. The molecule has 1 atom stereocenters. The van der Waals surface area contributed by atoms with E-state index in [-0.39, 0.29) is 6.29 Å². The maximum Gasteiger partial charge on any atom is 0.159 e. The molecule has 1 saturated heterocycles. The maximum absolute atomic E-state index is 5.45. The van der Waals surface area contributed by atoms with Gasteiger partial charge < -0.3 is 14.8 Å². The van der Waals surface area contributed by atoms with Gasteiger partial charge in [0.1, 0.15) is 0 Å². The summed E-state index contributed by atoms with van der Waals surface area (Å²) in [5.41, 5.74) is 0. The van der Waals surface area contributed by atoms with Gasteiger partial charge in [0.2, 0.25) is 0 Å². The van der Waals surface area contributed by atoms with Crippen LogP contribution in [-0.4, -0.2) is 32.1 Å². The third-order valence-corrected chi connectivity index (χ3v) is 2.79. The molecule has 0 amide bonds. The summed E-state index contributed by atoms with van der Waals surface area (Å²) in [5, 5.41) is 3.51. The Morgan fingerprint density at radius 3 is 2.54 bits per heavy atom. The highest BCUT2D eigenvalue weighted by Crippen LogP contribution is 2.35. The van der Waals surface area contributed by atoms with Gasteiger partial charge in [0.25, 0.3) is 0 Å². The largest absolute Gasteiger partial charge is 0.350 e. The summed E-state index contributed by atoms with van der Waals surface area (Å²) in [5.74, 6) is 0.882. The van der Waals surface area contributed by atoms with E-state index in [2.05, 4.69) is 12.2 Å². The zero-order valence-corrected chi connectivity index (χ0v) is 8.29. The second-order valence-corrected chi connectivity index (χ2v) is 3.91. The lowest BCUT2D eigenvalue weighted by atomic mass is 10.1. The third-order valence-electron chi connectivity index (χ3n) is 2.79. The molecule has 1 aliphatic heterocycles. The van der Waals surface area contributed by atoms with Crippen molar-refractivity contribution in [2.75, 3.05) is 19.8 Å². The highest BCUT2D eigenvalue weighted by Gasteiger charge is 2.33. The Hall–Kier alpha value is -0.120. The van der Waals surface area contributed by atoms with Crippen molar-refractivity contribution in [3.05, 3.63) is 0 Å². The van der Waals surface area contributed by atoms with Crippen LogP contribution in [0.4, 0.5) is 0 Å². The molecule has 1 heterocycles. The Balaban J connectivity index is 1.74. The van der Waals surface area contributed by atoms with Gasteiger partial charge in [0.05, 0.1) is 13.2 Å². The first-order valence-electron chi connectivity index (χ1n) is 5.36. The van der Waals surface area contributed by atoms with Gasteiger partial charge in [-0.05, 0) is 25.3 Å². The predicted octanol–water partition coefficient (Wildman–Crippen LogP) is 1.14. The molecule has 1 saturated carbocycles. The predicted molar refractivity (Wildman–Crippen MR) is 50.5 cm³/mol. The van der Waals surface area contributed by atoms with E-state index in [0.717, 1.165) is 32.1 Å². The Morgan fingerprint density at radius 2 is 2.00 bits per heavy atom. The Morgan fingerprint density at radius 1 is 1.31 bits per heavy atom. The molecule has 0 aromatic rings. The minimum Gasteiger partial charge on any atom is -0.350 e. The molecule has 1 unspecified atom stereocenters. The Labute approximate surface area is 79.8 Å². The highest BCUT2D eigenvalue weighted by molar-refractivity contribution is 4.87. The Bertz CT molecular complexity index is 153. The average Bonchev–Trinajstić information content (AvgIpc) is 2.85. The quantitative estimate of drug-likeness (QED) is 0.696.